The molecule has 2 amide bonds. The second-order valence-electron chi connectivity index (χ2n) is 10.1. The second kappa shape index (κ2) is 17.6. The van der Waals surface area contributed by atoms with Crippen LogP contribution in [0, 0.1) is 5.92 Å². The zero-order valence-corrected chi connectivity index (χ0v) is 21.6. The van der Waals surface area contributed by atoms with Gasteiger partial charge in [0.2, 0.25) is 11.8 Å². The highest BCUT2D eigenvalue weighted by Gasteiger charge is 2.16. The van der Waals surface area contributed by atoms with Gasteiger partial charge in [0, 0.05) is 24.0 Å². The second-order valence-corrected chi connectivity index (χ2v) is 10.1. The van der Waals surface area contributed by atoms with E-state index in [-0.39, 0.29) is 41.1 Å². The van der Waals surface area contributed by atoms with Crippen LogP contribution >= 0.6 is 0 Å². The Morgan fingerprint density at radius 1 is 0.939 bits per heavy atom. The van der Waals surface area contributed by atoms with Crippen molar-refractivity contribution in [1.82, 2.24) is 5.32 Å². The number of esters is 1. The number of rotatable bonds is 18. The first-order valence-corrected chi connectivity index (χ1v) is 12.6. The Balaban J connectivity index is 4.01. The van der Waals surface area contributed by atoms with Crippen molar-refractivity contribution < 1.29 is 24.2 Å². The summed E-state index contributed by atoms with van der Waals surface area (Å²) in [5.41, 5.74) is 5.20. The van der Waals surface area contributed by atoms with E-state index >= 15 is 0 Å². The van der Waals surface area contributed by atoms with Crippen LogP contribution in [0.15, 0.2) is 11.8 Å². The van der Waals surface area contributed by atoms with Gasteiger partial charge in [-0.15, -0.1) is 0 Å². The number of amides is 2. The van der Waals surface area contributed by atoms with Crippen molar-refractivity contribution in [2.24, 2.45) is 11.7 Å². The quantitative estimate of drug-likeness (QED) is 0.114. The monoisotopic (exact) mass is 468 g/mol. The molecule has 0 bridgehead atoms. The lowest BCUT2D eigenvalue weighted by Gasteiger charge is -2.19. The Morgan fingerprint density at radius 3 is 2.12 bits per heavy atom. The summed E-state index contributed by atoms with van der Waals surface area (Å²) in [6.45, 7) is 9.38. The molecule has 0 saturated carbocycles. The van der Waals surface area contributed by atoms with Crippen LogP contribution in [-0.2, 0) is 19.1 Å². The van der Waals surface area contributed by atoms with Crippen molar-refractivity contribution in [3.8, 4) is 0 Å². The fourth-order valence-corrected chi connectivity index (χ4v) is 3.67. The van der Waals surface area contributed by atoms with Crippen molar-refractivity contribution in [2.45, 2.75) is 130 Å². The third kappa shape index (κ3) is 19.3. The number of hydrogen-bond donors (Lipinski definition) is 3. The first kappa shape index (κ1) is 31.1. The molecule has 0 rings (SSSR count). The van der Waals surface area contributed by atoms with Crippen molar-refractivity contribution in [3.63, 3.8) is 0 Å². The minimum Gasteiger partial charge on any atom is -0.431 e. The molecule has 0 aliphatic heterocycles. The van der Waals surface area contributed by atoms with Crippen LogP contribution in [0.4, 0.5) is 0 Å². The zero-order chi connectivity index (χ0) is 25.3. The summed E-state index contributed by atoms with van der Waals surface area (Å²) in [4.78, 5) is 35.5. The van der Waals surface area contributed by atoms with Crippen LogP contribution in [0.25, 0.3) is 0 Å². The molecule has 0 aliphatic carbocycles. The van der Waals surface area contributed by atoms with E-state index in [1.165, 1.54) is 6.08 Å². The standard InChI is InChI=1S/C26H48N2O5/c1-6-7-10-16-22(29)17-13-15-21(25(27)32)14-11-8-9-12-18-24(31)33-20(2)19-23(30)28-26(3,4)5/h19,21-22,29H,6-18H2,1-5H3,(H2,27,32)(H,28,30). The Bertz CT molecular complexity index is 610. The molecule has 0 aromatic rings. The minimum atomic E-state index is -0.347. The summed E-state index contributed by atoms with van der Waals surface area (Å²) < 4.78 is 5.19. The van der Waals surface area contributed by atoms with Crippen molar-refractivity contribution in [1.29, 1.82) is 0 Å². The topological polar surface area (TPSA) is 119 Å². The Hall–Kier alpha value is -1.89. The van der Waals surface area contributed by atoms with Crippen molar-refractivity contribution in [2.75, 3.05) is 0 Å². The van der Waals surface area contributed by atoms with E-state index in [2.05, 4.69) is 12.2 Å². The highest BCUT2D eigenvalue weighted by molar-refractivity contribution is 5.88. The molecular formula is C26H48N2O5. The molecule has 0 fully saturated rings. The van der Waals surface area contributed by atoms with Crippen LogP contribution in [0.1, 0.15) is 118 Å². The first-order chi connectivity index (χ1) is 15.4. The van der Waals surface area contributed by atoms with Gasteiger partial charge >= 0.3 is 5.97 Å². The maximum Gasteiger partial charge on any atom is 0.310 e. The molecule has 0 aliphatic rings. The molecule has 7 heteroatoms. The molecule has 33 heavy (non-hydrogen) atoms. The zero-order valence-electron chi connectivity index (χ0n) is 21.6. The fourth-order valence-electron chi connectivity index (χ4n) is 3.67. The normalized spacial score (nSPS) is 13.9. The molecule has 7 nitrogen and oxygen atoms in total. The molecule has 0 aromatic carbocycles. The van der Waals surface area contributed by atoms with E-state index < -0.39 is 0 Å². The minimum absolute atomic E-state index is 0.148. The fraction of sp³-hybridized carbons (Fsp3) is 0.808. The van der Waals surface area contributed by atoms with E-state index in [0.29, 0.717) is 12.8 Å². The van der Waals surface area contributed by atoms with Crippen LogP contribution in [0.5, 0.6) is 0 Å². The molecule has 0 heterocycles. The van der Waals surface area contributed by atoms with E-state index in [0.717, 1.165) is 70.6 Å². The summed E-state index contributed by atoms with van der Waals surface area (Å²) in [7, 11) is 0. The maximum atomic E-state index is 11.9. The summed E-state index contributed by atoms with van der Waals surface area (Å²) in [6.07, 6.45) is 11.8. The number of nitrogens with one attached hydrogen (secondary N) is 1. The van der Waals surface area contributed by atoms with E-state index in [4.69, 9.17) is 10.5 Å². The van der Waals surface area contributed by atoms with Gasteiger partial charge < -0.3 is 20.9 Å². The number of hydrogen-bond acceptors (Lipinski definition) is 5. The number of nitrogens with two attached hydrogens (primary N) is 1. The number of carbonyl (C=O) groups excluding carboxylic acids is 3. The summed E-state index contributed by atoms with van der Waals surface area (Å²) >= 11 is 0. The summed E-state index contributed by atoms with van der Waals surface area (Å²) in [6, 6.07) is 0. The molecule has 0 saturated heterocycles. The Kier molecular flexibility index (Phi) is 16.6. The number of aliphatic hydroxyl groups is 1. The predicted octanol–water partition coefficient (Wildman–Crippen LogP) is 4.90. The molecule has 0 radical (unpaired) electrons. The molecular weight excluding hydrogens is 420 g/mol. The lowest BCUT2D eigenvalue weighted by Crippen LogP contribution is -2.39. The lowest BCUT2D eigenvalue weighted by atomic mass is 9.93. The lowest BCUT2D eigenvalue weighted by molar-refractivity contribution is -0.139. The number of unbranched alkanes of at least 4 members (excludes halogenated alkanes) is 5. The maximum absolute atomic E-state index is 11.9. The molecule has 192 valence electrons. The van der Waals surface area contributed by atoms with E-state index in [1.807, 2.05) is 20.8 Å². The third-order valence-corrected chi connectivity index (χ3v) is 5.42. The largest absolute Gasteiger partial charge is 0.431 e. The van der Waals surface area contributed by atoms with Gasteiger partial charge in [0.15, 0.2) is 0 Å². The van der Waals surface area contributed by atoms with Gasteiger partial charge in [-0.3, -0.25) is 14.4 Å². The average molecular weight is 469 g/mol. The first-order valence-electron chi connectivity index (χ1n) is 12.6. The van der Waals surface area contributed by atoms with Crippen LogP contribution in [0.3, 0.4) is 0 Å². The number of carbonyl (C=O) groups is 3. The van der Waals surface area contributed by atoms with Gasteiger partial charge in [0.05, 0.1) is 6.10 Å². The SMILES string of the molecule is CCCCCC(O)CCCC(CCCCCCC(=O)OC(C)=CC(=O)NC(C)(C)C)C(N)=O. The van der Waals surface area contributed by atoms with E-state index in [1.54, 1.807) is 6.92 Å². The van der Waals surface area contributed by atoms with Crippen LogP contribution in [-0.4, -0.2) is 34.5 Å². The highest BCUT2D eigenvalue weighted by atomic mass is 16.5. The smallest absolute Gasteiger partial charge is 0.310 e. The molecule has 2 atom stereocenters. The average Bonchev–Trinajstić information content (AvgIpc) is 2.67. The molecule has 0 aromatic heterocycles. The van der Waals surface area contributed by atoms with Crippen molar-refractivity contribution in [3.05, 3.63) is 11.8 Å². The Morgan fingerprint density at radius 2 is 1.52 bits per heavy atom. The third-order valence-electron chi connectivity index (χ3n) is 5.42. The van der Waals surface area contributed by atoms with Crippen molar-refractivity contribution >= 4 is 17.8 Å². The van der Waals surface area contributed by atoms with Gasteiger partial charge in [-0.25, -0.2) is 0 Å². The van der Waals surface area contributed by atoms with Gasteiger partial charge in [0.25, 0.3) is 0 Å². The van der Waals surface area contributed by atoms with Crippen LogP contribution in [0.2, 0.25) is 0 Å². The highest BCUT2D eigenvalue weighted by Crippen LogP contribution is 2.19. The molecule has 4 N–H and O–H groups in total. The van der Waals surface area contributed by atoms with Gasteiger partial charge in [-0.2, -0.15) is 0 Å². The summed E-state index contributed by atoms with van der Waals surface area (Å²) in [5.74, 6) is -0.772. The van der Waals surface area contributed by atoms with Gasteiger partial charge in [0.1, 0.15) is 5.76 Å². The predicted molar refractivity (Wildman–Crippen MR) is 132 cm³/mol. The van der Waals surface area contributed by atoms with Gasteiger partial charge in [-0.1, -0.05) is 51.9 Å². The van der Waals surface area contributed by atoms with Crippen LogP contribution < -0.4 is 11.1 Å². The Labute approximate surface area is 200 Å². The number of aliphatic hydroxyl groups excluding tert-OH is 1. The summed E-state index contributed by atoms with van der Waals surface area (Å²) in [5, 5.41) is 12.8. The number of allylic oxidation sites excluding steroid dienone is 1. The molecule has 2 unspecified atom stereocenters. The van der Waals surface area contributed by atoms with E-state index in [9.17, 15) is 19.5 Å². The molecule has 0 spiro atoms. The number of primary amides is 1. The number of ether oxygens (including phenoxy) is 1. The van der Waals surface area contributed by atoms with Gasteiger partial charge in [-0.05, 0) is 59.8 Å².